The van der Waals surface area contributed by atoms with E-state index in [9.17, 15) is 53.1 Å². The van der Waals surface area contributed by atoms with Gasteiger partial charge in [0.1, 0.15) is 17.1 Å². The zero-order chi connectivity index (χ0) is 32.9. The van der Waals surface area contributed by atoms with E-state index in [0.717, 1.165) is 48.5 Å². The molecule has 2 amide bonds. The zero-order valence-electron chi connectivity index (χ0n) is 22.8. The van der Waals surface area contributed by atoms with Crippen LogP contribution in [0.15, 0.2) is 54.1 Å². The summed E-state index contributed by atoms with van der Waals surface area (Å²) in [7, 11) is -4.26. The quantitative estimate of drug-likeness (QED) is 0.175. The number of carbonyl (C=O) groups is 2. The molecule has 0 fully saturated rings. The lowest BCUT2D eigenvalue weighted by Crippen LogP contribution is -2.59. The maximum Gasteiger partial charge on any atom is 0.416 e. The molecule has 2 aromatic carbocycles. The van der Waals surface area contributed by atoms with Crippen molar-refractivity contribution in [3.63, 3.8) is 0 Å². The van der Waals surface area contributed by atoms with Gasteiger partial charge in [0, 0.05) is 12.8 Å². The summed E-state index contributed by atoms with van der Waals surface area (Å²) < 4.78 is 141. The van der Waals surface area contributed by atoms with Crippen molar-refractivity contribution in [2.24, 2.45) is 0 Å². The predicted molar refractivity (Wildman–Crippen MR) is 140 cm³/mol. The Hall–Kier alpha value is -3.89. The predicted octanol–water partition coefficient (Wildman–Crippen LogP) is 5.60. The van der Waals surface area contributed by atoms with Gasteiger partial charge in [0.2, 0.25) is 10.0 Å². The fraction of sp³-hybridized carbons (Fsp3) is 0.407. The Morgan fingerprint density at radius 2 is 1.55 bits per heavy atom. The smallest absolute Gasteiger partial charge is 0.416 e. The van der Waals surface area contributed by atoms with Gasteiger partial charge in [0.05, 0.1) is 12.9 Å². The van der Waals surface area contributed by atoms with Gasteiger partial charge < -0.3 is 14.8 Å². The minimum atomic E-state index is -5.19. The fourth-order valence-electron chi connectivity index (χ4n) is 4.47. The molecule has 0 saturated carbocycles. The monoisotopic (exact) mass is 658 g/mol. The highest BCUT2D eigenvalue weighted by atomic mass is 32.2. The normalized spacial score (nSPS) is 17.8. The summed E-state index contributed by atoms with van der Waals surface area (Å²) in [5, 5.41) is 1.80. The van der Waals surface area contributed by atoms with Crippen molar-refractivity contribution in [2.75, 3.05) is 12.9 Å². The summed E-state index contributed by atoms with van der Waals surface area (Å²) in [6.45, 7) is -3.22. The van der Waals surface area contributed by atoms with E-state index in [4.69, 9.17) is 4.74 Å². The van der Waals surface area contributed by atoms with E-state index >= 15 is 0 Å². The Labute approximate surface area is 246 Å². The summed E-state index contributed by atoms with van der Waals surface area (Å²) >= 11 is 0. The van der Waals surface area contributed by atoms with E-state index in [0.29, 0.717) is 6.26 Å². The zero-order valence-corrected chi connectivity index (χ0v) is 23.6. The van der Waals surface area contributed by atoms with Crippen molar-refractivity contribution < 1.29 is 62.6 Å². The average molecular weight is 659 g/mol. The second-order valence-electron chi connectivity index (χ2n) is 9.79. The molecule has 0 radical (unpaired) electrons. The van der Waals surface area contributed by atoms with Crippen LogP contribution in [0.5, 0.6) is 11.5 Å². The number of nitrogens with one attached hydrogen (secondary N) is 2. The number of halogens is 8. The molecule has 1 atom stereocenters. The molecule has 44 heavy (non-hydrogen) atoms. The molecule has 8 nitrogen and oxygen atoms in total. The van der Waals surface area contributed by atoms with Crippen LogP contribution in [0.2, 0.25) is 0 Å². The first-order chi connectivity index (χ1) is 20.3. The van der Waals surface area contributed by atoms with E-state index < -0.39 is 75.9 Å². The third-order valence-corrected chi connectivity index (χ3v) is 6.99. The first-order valence-electron chi connectivity index (χ1n) is 12.8. The second-order valence-corrected chi connectivity index (χ2v) is 11.5. The highest BCUT2D eigenvalue weighted by Gasteiger charge is 2.60. The van der Waals surface area contributed by atoms with Crippen LogP contribution < -0.4 is 19.5 Å². The van der Waals surface area contributed by atoms with Crippen LogP contribution in [0.1, 0.15) is 43.2 Å². The number of alkyl halides is 8. The molecular weight excluding hydrogens is 632 g/mol. The van der Waals surface area contributed by atoms with Gasteiger partial charge in [-0.2, -0.15) is 35.1 Å². The number of hydrogen-bond donors (Lipinski definition) is 2. The Morgan fingerprint density at radius 3 is 2.07 bits per heavy atom. The van der Waals surface area contributed by atoms with Crippen LogP contribution in [0.25, 0.3) is 5.57 Å². The number of unbranched alkanes of at least 4 members (excludes halogenated alkanes) is 2. The minimum absolute atomic E-state index is 0.00465. The van der Waals surface area contributed by atoms with Gasteiger partial charge in [-0.3, -0.25) is 9.59 Å². The number of rotatable bonds is 12. The lowest BCUT2D eigenvalue weighted by Gasteiger charge is -2.41. The van der Waals surface area contributed by atoms with Gasteiger partial charge in [-0.25, -0.2) is 13.1 Å². The molecule has 1 aliphatic heterocycles. The van der Waals surface area contributed by atoms with E-state index in [-0.39, 0.29) is 42.9 Å². The summed E-state index contributed by atoms with van der Waals surface area (Å²) in [6, 6.07) is 8.34. The molecule has 1 unspecified atom stereocenters. The van der Waals surface area contributed by atoms with Crippen molar-refractivity contribution in [3.8, 4) is 11.5 Å². The van der Waals surface area contributed by atoms with Crippen LogP contribution in [-0.4, -0.2) is 52.1 Å². The first-order valence-corrected chi connectivity index (χ1v) is 14.7. The van der Waals surface area contributed by atoms with Gasteiger partial charge in [0.15, 0.2) is 5.54 Å². The Kier molecular flexibility index (Phi) is 10.5. The summed E-state index contributed by atoms with van der Waals surface area (Å²) in [5.41, 5.74) is -5.28. The summed E-state index contributed by atoms with van der Waals surface area (Å²) in [5.74, 6) is -3.34. The third kappa shape index (κ3) is 9.06. The molecule has 2 N–H and O–H groups in total. The van der Waals surface area contributed by atoms with Gasteiger partial charge in [-0.15, -0.1) is 0 Å². The largest absolute Gasteiger partial charge is 0.494 e. The van der Waals surface area contributed by atoms with E-state index in [1.165, 1.54) is 0 Å². The number of carbonyl (C=O) groups excluding carboxylic acids is 2. The number of sulfonamides is 1. The van der Waals surface area contributed by atoms with Gasteiger partial charge in [-0.1, -0.05) is 24.3 Å². The van der Waals surface area contributed by atoms with E-state index in [2.05, 4.69) is 4.74 Å². The lowest BCUT2D eigenvalue weighted by atomic mass is 9.76. The molecule has 0 aromatic heterocycles. The SMILES string of the molecule is CS(=O)(=O)NC(=O)C1=C(c2ccc(OC(F)F)cc2)CC(c2ccc(OCCCCCC(F)(F)F)cc2)(C(F)(F)F)NC1=O. The van der Waals surface area contributed by atoms with Crippen LogP contribution in [0, 0.1) is 0 Å². The van der Waals surface area contributed by atoms with E-state index in [1.54, 1.807) is 10.0 Å². The van der Waals surface area contributed by atoms with Crippen molar-refractivity contribution in [2.45, 2.75) is 56.6 Å². The Morgan fingerprint density at radius 1 is 0.955 bits per heavy atom. The van der Waals surface area contributed by atoms with Crippen LogP contribution in [0.4, 0.5) is 35.1 Å². The van der Waals surface area contributed by atoms with Crippen molar-refractivity contribution in [1.82, 2.24) is 10.0 Å². The van der Waals surface area contributed by atoms with Gasteiger partial charge in [-0.05, 0) is 60.2 Å². The third-order valence-electron chi connectivity index (χ3n) is 6.44. The number of hydrogen-bond acceptors (Lipinski definition) is 6. The molecule has 3 rings (SSSR count). The highest BCUT2D eigenvalue weighted by Crippen LogP contribution is 2.48. The highest BCUT2D eigenvalue weighted by molar-refractivity contribution is 7.89. The molecule has 17 heteroatoms. The Bertz CT molecular complexity index is 1470. The van der Waals surface area contributed by atoms with Crippen LogP contribution in [0.3, 0.4) is 0 Å². The molecule has 1 heterocycles. The van der Waals surface area contributed by atoms with Crippen LogP contribution >= 0.6 is 0 Å². The average Bonchev–Trinajstić information content (AvgIpc) is 2.88. The molecule has 2 aromatic rings. The number of ether oxygens (including phenoxy) is 2. The standard InChI is InChI=1S/C27H26F8N2O6S/c1-44(40,41)37-23(39)21-20(16-5-9-19(10-6-16)43-24(28)29)15-25(27(33,34)35,36-22(21)38)17-7-11-18(12-8-17)42-14-4-2-3-13-26(30,31)32/h5-12,24H,2-4,13-15H2,1H3,(H,36,38)(H,37,39). The lowest BCUT2D eigenvalue weighted by molar-refractivity contribution is -0.201. The molecule has 0 bridgehead atoms. The maximum absolute atomic E-state index is 14.8. The van der Waals surface area contributed by atoms with Crippen LogP contribution in [-0.2, 0) is 25.2 Å². The topological polar surface area (TPSA) is 111 Å². The van der Waals surface area contributed by atoms with Gasteiger partial charge >= 0.3 is 19.0 Å². The maximum atomic E-state index is 14.8. The molecule has 242 valence electrons. The Balaban J connectivity index is 1.96. The first kappa shape index (κ1) is 34.6. The van der Waals surface area contributed by atoms with Gasteiger partial charge in [0.25, 0.3) is 11.8 Å². The summed E-state index contributed by atoms with van der Waals surface area (Å²) in [6.07, 6.45) is -10.6. The molecule has 0 saturated heterocycles. The fourth-order valence-corrected chi connectivity index (χ4v) is 4.91. The second kappa shape index (κ2) is 13.4. The molecule has 1 aliphatic rings. The van der Waals surface area contributed by atoms with Crippen molar-refractivity contribution in [1.29, 1.82) is 0 Å². The summed E-state index contributed by atoms with van der Waals surface area (Å²) in [4.78, 5) is 26.0. The molecule has 0 aliphatic carbocycles. The number of benzene rings is 2. The van der Waals surface area contributed by atoms with Crippen molar-refractivity contribution in [3.05, 3.63) is 65.2 Å². The van der Waals surface area contributed by atoms with Crippen molar-refractivity contribution >= 4 is 27.4 Å². The molecule has 0 spiro atoms. The minimum Gasteiger partial charge on any atom is -0.494 e. The number of amides is 2. The molecular formula is C27H26F8N2O6S. The van der Waals surface area contributed by atoms with E-state index in [1.807, 2.05) is 0 Å².